The van der Waals surface area contributed by atoms with E-state index >= 15 is 0 Å². The molecule has 0 aliphatic carbocycles. The summed E-state index contributed by atoms with van der Waals surface area (Å²) >= 11 is 0. The molecule has 0 spiro atoms. The fraction of sp³-hybridized carbons (Fsp3) is 0.154. The second kappa shape index (κ2) is 9.29. The third kappa shape index (κ3) is 4.70. The number of aliphatic hydroxyl groups excluding tert-OH is 1. The molecule has 0 saturated carbocycles. The zero-order valence-corrected chi connectivity index (χ0v) is 19.0. The van der Waals surface area contributed by atoms with E-state index in [9.17, 15) is 33.0 Å². The van der Waals surface area contributed by atoms with E-state index in [0.29, 0.717) is 5.56 Å². The number of Topliss-reactive ketones (excluding diaryl/α,β-unsaturated/α-hetero) is 1. The van der Waals surface area contributed by atoms with Gasteiger partial charge in [0.2, 0.25) is 0 Å². The van der Waals surface area contributed by atoms with Crippen LogP contribution in [-0.4, -0.2) is 35.4 Å². The average Bonchev–Trinajstić information content (AvgIpc) is 3.09. The molecule has 1 fully saturated rings. The Kier molecular flexibility index (Phi) is 6.36. The maximum absolute atomic E-state index is 13.2. The van der Waals surface area contributed by atoms with Crippen molar-refractivity contribution in [1.29, 1.82) is 0 Å². The number of aromatic hydroxyl groups is 1. The normalized spacial score (nSPS) is 17.4. The van der Waals surface area contributed by atoms with Crippen LogP contribution in [0.15, 0.2) is 72.3 Å². The zero-order valence-electron chi connectivity index (χ0n) is 19.0. The van der Waals surface area contributed by atoms with Crippen LogP contribution in [0, 0.1) is 6.92 Å². The Morgan fingerprint density at radius 2 is 1.61 bits per heavy atom. The minimum absolute atomic E-state index is 0.0651. The number of hydrogen-bond acceptors (Lipinski definition) is 6. The van der Waals surface area contributed by atoms with Crippen molar-refractivity contribution < 1.29 is 42.4 Å². The van der Waals surface area contributed by atoms with Crippen molar-refractivity contribution >= 4 is 23.1 Å². The summed E-state index contributed by atoms with van der Waals surface area (Å²) in [5.41, 5.74) is 1.17. The van der Waals surface area contributed by atoms with Crippen molar-refractivity contribution in [2.24, 2.45) is 0 Å². The Morgan fingerprint density at radius 3 is 2.19 bits per heavy atom. The molecule has 3 aromatic rings. The van der Waals surface area contributed by atoms with E-state index in [0.717, 1.165) is 22.6 Å². The van der Waals surface area contributed by atoms with Gasteiger partial charge in [-0.25, -0.2) is 0 Å². The van der Waals surface area contributed by atoms with Crippen LogP contribution in [-0.2, 0) is 9.59 Å². The summed E-state index contributed by atoms with van der Waals surface area (Å²) in [6.45, 7) is 1.77. The van der Waals surface area contributed by atoms with Gasteiger partial charge in [0.25, 0.3) is 11.7 Å². The molecule has 1 saturated heterocycles. The molecule has 3 aromatic carbocycles. The van der Waals surface area contributed by atoms with Gasteiger partial charge in [-0.3, -0.25) is 14.5 Å². The second-order valence-electron chi connectivity index (χ2n) is 8.01. The van der Waals surface area contributed by atoms with E-state index in [-0.39, 0.29) is 28.3 Å². The number of phenolic OH excluding ortho intramolecular Hbond substituents is 1. The molecule has 2 N–H and O–H groups in total. The molecule has 10 heteroatoms. The molecule has 1 heterocycles. The van der Waals surface area contributed by atoms with Gasteiger partial charge < -0.3 is 19.7 Å². The van der Waals surface area contributed by atoms with Gasteiger partial charge >= 0.3 is 6.36 Å². The van der Waals surface area contributed by atoms with Crippen LogP contribution in [0.3, 0.4) is 0 Å². The fourth-order valence-corrected chi connectivity index (χ4v) is 4.03. The number of carbonyl (C=O) groups is 2. The number of nitrogens with zero attached hydrogens (tertiary/aromatic N) is 1. The first-order chi connectivity index (χ1) is 17.0. The van der Waals surface area contributed by atoms with Crippen LogP contribution in [0.5, 0.6) is 17.2 Å². The lowest BCUT2D eigenvalue weighted by atomic mass is 9.94. The number of alkyl halides is 3. The monoisotopic (exact) mass is 499 g/mol. The van der Waals surface area contributed by atoms with Crippen LogP contribution in [0.1, 0.15) is 22.7 Å². The number of phenols is 1. The molecule has 7 nitrogen and oxygen atoms in total. The van der Waals surface area contributed by atoms with E-state index in [1.54, 1.807) is 25.1 Å². The lowest BCUT2D eigenvalue weighted by molar-refractivity contribution is -0.274. The number of rotatable bonds is 5. The highest BCUT2D eigenvalue weighted by atomic mass is 19.4. The molecular formula is C26H20F3NO6. The second-order valence-corrected chi connectivity index (χ2v) is 8.01. The van der Waals surface area contributed by atoms with Gasteiger partial charge in [0, 0.05) is 5.69 Å². The highest BCUT2D eigenvalue weighted by Gasteiger charge is 2.47. The molecule has 4 rings (SSSR count). The van der Waals surface area contributed by atoms with Crippen LogP contribution in [0.25, 0.3) is 5.76 Å². The van der Waals surface area contributed by atoms with E-state index in [1.165, 1.54) is 43.5 Å². The van der Waals surface area contributed by atoms with E-state index in [2.05, 4.69) is 4.74 Å². The molecule has 1 amide bonds. The number of anilines is 1. The van der Waals surface area contributed by atoms with Crippen molar-refractivity contribution in [1.82, 2.24) is 0 Å². The molecule has 0 aromatic heterocycles. The summed E-state index contributed by atoms with van der Waals surface area (Å²) < 4.78 is 46.9. The number of ketones is 1. The Hall–Kier alpha value is -4.47. The Labute approximate surface area is 203 Å². The zero-order chi connectivity index (χ0) is 26.2. The van der Waals surface area contributed by atoms with Gasteiger partial charge in [-0.1, -0.05) is 23.8 Å². The number of benzene rings is 3. The molecule has 1 atom stereocenters. The molecular weight excluding hydrogens is 479 g/mol. The van der Waals surface area contributed by atoms with Gasteiger partial charge in [-0.15, -0.1) is 13.2 Å². The predicted octanol–water partition coefficient (Wildman–Crippen LogP) is 5.23. The number of ether oxygens (including phenoxy) is 2. The summed E-state index contributed by atoms with van der Waals surface area (Å²) in [4.78, 5) is 27.5. The quantitative estimate of drug-likeness (QED) is 0.283. The van der Waals surface area contributed by atoms with Gasteiger partial charge in [0.15, 0.2) is 0 Å². The van der Waals surface area contributed by atoms with Crippen LogP contribution in [0.4, 0.5) is 18.9 Å². The molecule has 1 aliphatic rings. The number of aryl methyl sites for hydroxylation is 1. The van der Waals surface area contributed by atoms with E-state index in [1.807, 2.05) is 0 Å². The summed E-state index contributed by atoms with van der Waals surface area (Å²) in [6.07, 6.45) is -4.90. The van der Waals surface area contributed by atoms with Crippen molar-refractivity contribution in [2.75, 3.05) is 12.0 Å². The number of amides is 1. The number of halogens is 3. The minimum Gasteiger partial charge on any atom is -0.508 e. The highest BCUT2D eigenvalue weighted by Crippen LogP contribution is 2.44. The molecule has 0 radical (unpaired) electrons. The number of hydrogen-bond donors (Lipinski definition) is 2. The van der Waals surface area contributed by atoms with Crippen molar-refractivity contribution in [2.45, 2.75) is 19.3 Å². The minimum atomic E-state index is -4.90. The maximum atomic E-state index is 13.2. The molecule has 1 aliphatic heterocycles. The predicted molar refractivity (Wildman–Crippen MR) is 124 cm³/mol. The third-order valence-electron chi connectivity index (χ3n) is 5.61. The summed E-state index contributed by atoms with van der Waals surface area (Å²) in [5.74, 6) is -2.78. The maximum Gasteiger partial charge on any atom is 0.573 e. The van der Waals surface area contributed by atoms with E-state index in [4.69, 9.17) is 4.74 Å². The molecule has 0 bridgehead atoms. The lowest BCUT2D eigenvalue weighted by Crippen LogP contribution is -2.29. The van der Waals surface area contributed by atoms with Crippen LogP contribution < -0.4 is 14.4 Å². The molecule has 36 heavy (non-hydrogen) atoms. The number of carbonyl (C=O) groups excluding carboxylic acids is 2. The number of aliphatic hydroxyl groups is 1. The average molecular weight is 499 g/mol. The standard InChI is InChI=1S/C26H20F3NO6/c1-14-3-12-20(35-2)19(13-14)23(32)21-22(15-4-8-17(31)9-5-15)30(25(34)24(21)33)16-6-10-18(11-7-16)36-26(27,28)29/h3-13,22,31-32H,1-2H3/b23-21+. The number of methoxy groups -OCH3 is 1. The van der Waals surface area contributed by atoms with Crippen molar-refractivity contribution in [3.8, 4) is 17.2 Å². The first-order valence-corrected chi connectivity index (χ1v) is 10.6. The molecule has 186 valence electrons. The van der Waals surface area contributed by atoms with Crippen LogP contribution in [0.2, 0.25) is 0 Å². The largest absolute Gasteiger partial charge is 0.573 e. The van der Waals surface area contributed by atoms with Gasteiger partial charge in [-0.2, -0.15) is 0 Å². The fourth-order valence-electron chi connectivity index (χ4n) is 4.03. The Balaban J connectivity index is 1.89. The smallest absolute Gasteiger partial charge is 0.508 e. The topological polar surface area (TPSA) is 96.3 Å². The Bertz CT molecular complexity index is 1350. The third-order valence-corrected chi connectivity index (χ3v) is 5.61. The summed E-state index contributed by atoms with van der Waals surface area (Å²) in [5, 5.41) is 21.0. The SMILES string of the molecule is COc1ccc(C)cc1/C(O)=C1\C(=O)C(=O)N(c2ccc(OC(F)(F)F)cc2)C1c1ccc(O)cc1. The van der Waals surface area contributed by atoms with Gasteiger partial charge in [0.1, 0.15) is 23.0 Å². The van der Waals surface area contributed by atoms with Crippen molar-refractivity contribution in [3.05, 3.63) is 89.0 Å². The van der Waals surface area contributed by atoms with Crippen molar-refractivity contribution in [3.63, 3.8) is 0 Å². The summed E-state index contributed by atoms with van der Waals surface area (Å²) in [7, 11) is 1.39. The molecule has 1 unspecified atom stereocenters. The van der Waals surface area contributed by atoms with E-state index < -0.39 is 35.6 Å². The highest BCUT2D eigenvalue weighted by molar-refractivity contribution is 6.51. The van der Waals surface area contributed by atoms with Gasteiger partial charge in [0.05, 0.1) is 24.3 Å². The summed E-state index contributed by atoms with van der Waals surface area (Å²) in [6, 6.07) is 13.9. The first-order valence-electron chi connectivity index (χ1n) is 10.6. The Morgan fingerprint density at radius 1 is 0.972 bits per heavy atom. The van der Waals surface area contributed by atoms with Crippen LogP contribution >= 0.6 is 0 Å². The first kappa shape index (κ1) is 24.6. The van der Waals surface area contributed by atoms with Gasteiger partial charge in [-0.05, 0) is 61.0 Å². The lowest BCUT2D eigenvalue weighted by Gasteiger charge is -2.26.